The Kier molecular flexibility index (Phi) is 2.36. The van der Waals surface area contributed by atoms with Gasteiger partial charge in [-0.1, -0.05) is 18.5 Å². The van der Waals surface area contributed by atoms with Gasteiger partial charge in [-0.25, -0.2) is 0 Å². The number of nitrogens with one attached hydrogen (secondary N) is 1. The molecule has 1 fully saturated rings. The van der Waals surface area contributed by atoms with E-state index >= 15 is 0 Å². The van der Waals surface area contributed by atoms with Crippen LogP contribution in [0.4, 0.5) is 5.82 Å². The molecule has 0 aromatic carbocycles. The Morgan fingerprint density at radius 3 is 2.69 bits per heavy atom. The van der Waals surface area contributed by atoms with Crippen LogP contribution in [0, 0.1) is 5.92 Å². The van der Waals surface area contributed by atoms with E-state index in [4.69, 9.17) is 11.6 Å². The van der Waals surface area contributed by atoms with E-state index in [1.54, 1.807) is 6.07 Å². The van der Waals surface area contributed by atoms with Crippen molar-refractivity contribution in [3.8, 4) is 0 Å². The summed E-state index contributed by atoms with van der Waals surface area (Å²) < 4.78 is 0. The molecule has 0 aliphatic heterocycles. The van der Waals surface area contributed by atoms with Crippen LogP contribution in [-0.4, -0.2) is 16.2 Å². The molecular weight excluding hydrogens is 186 g/mol. The van der Waals surface area contributed by atoms with Gasteiger partial charge >= 0.3 is 0 Å². The van der Waals surface area contributed by atoms with Crippen molar-refractivity contribution in [2.45, 2.75) is 25.8 Å². The van der Waals surface area contributed by atoms with Crippen LogP contribution in [0.5, 0.6) is 0 Å². The summed E-state index contributed by atoms with van der Waals surface area (Å²) in [5.74, 6) is 1.67. The van der Waals surface area contributed by atoms with E-state index in [9.17, 15) is 0 Å². The van der Waals surface area contributed by atoms with Crippen LogP contribution < -0.4 is 5.32 Å². The molecule has 1 aliphatic rings. The summed E-state index contributed by atoms with van der Waals surface area (Å²) in [7, 11) is 0. The summed E-state index contributed by atoms with van der Waals surface area (Å²) in [6.45, 7) is 2.26. The zero-order valence-corrected chi connectivity index (χ0v) is 8.25. The standard InChI is InChI=1S/C9H12ClN3/c1-6-4-7(5-6)11-9-3-2-8(10)12-13-9/h2-3,6-7H,4-5H2,1H3,(H,11,13). The molecule has 0 unspecified atom stereocenters. The minimum absolute atomic E-state index is 0.438. The molecule has 1 heterocycles. The van der Waals surface area contributed by atoms with Gasteiger partial charge in [0.2, 0.25) is 0 Å². The van der Waals surface area contributed by atoms with Gasteiger partial charge in [-0.2, -0.15) is 0 Å². The van der Waals surface area contributed by atoms with Crippen LogP contribution in [0.15, 0.2) is 12.1 Å². The minimum atomic E-state index is 0.438. The monoisotopic (exact) mass is 197 g/mol. The number of aromatic nitrogens is 2. The minimum Gasteiger partial charge on any atom is -0.366 e. The molecule has 13 heavy (non-hydrogen) atoms. The molecule has 1 N–H and O–H groups in total. The quantitative estimate of drug-likeness (QED) is 0.791. The Morgan fingerprint density at radius 2 is 2.15 bits per heavy atom. The molecule has 0 bridgehead atoms. The molecule has 2 rings (SSSR count). The molecular formula is C9H12ClN3. The average molecular weight is 198 g/mol. The van der Waals surface area contributed by atoms with Crippen LogP contribution in [0.1, 0.15) is 19.8 Å². The SMILES string of the molecule is CC1CC(Nc2ccc(Cl)nn2)C1. The summed E-state index contributed by atoms with van der Waals surface area (Å²) in [5, 5.41) is 11.4. The molecule has 70 valence electrons. The molecule has 1 aromatic heterocycles. The fraction of sp³-hybridized carbons (Fsp3) is 0.556. The number of anilines is 1. The number of nitrogens with zero attached hydrogens (tertiary/aromatic N) is 2. The third kappa shape index (κ3) is 2.10. The second-order valence-corrected chi connectivity index (χ2v) is 4.05. The zero-order chi connectivity index (χ0) is 9.26. The van der Waals surface area contributed by atoms with Crippen LogP contribution >= 0.6 is 11.6 Å². The summed E-state index contributed by atoms with van der Waals surface area (Å²) in [5.41, 5.74) is 0. The lowest BCUT2D eigenvalue weighted by Gasteiger charge is -2.33. The number of hydrogen-bond acceptors (Lipinski definition) is 3. The topological polar surface area (TPSA) is 37.8 Å². The Labute approximate surface area is 82.5 Å². The third-order valence-corrected chi connectivity index (χ3v) is 2.56. The largest absolute Gasteiger partial charge is 0.366 e. The van der Waals surface area contributed by atoms with Gasteiger partial charge in [0.05, 0.1) is 0 Å². The first-order chi connectivity index (χ1) is 6.24. The van der Waals surface area contributed by atoms with Crippen molar-refractivity contribution in [2.24, 2.45) is 5.92 Å². The maximum Gasteiger partial charge on any atom is 0.151 e. The normalized spacial score (nSPS) is 26.6. The summed E-state index contributed by atoms with van der Waals surface area (Å²) >= 11 is 5.62. The molecule has 1 saturated carbocycles. The highest BCUT2D eigenvalue weighted by Crippen LogP contribution is 2.28. The van der Waals surface area contributed by atoms with Gasteiger partial charge in [-0.05, 0) is 30.9 Å². The summed E-state index contributed by atoms with van der Waals surface area (Å²) in [6.07, 6.45) is 2.45. The highest BCUT2D eigenvalue weighted by molar-refractivity contribution is 6.29. The lowest BCUT2D eigenvalue weighted by molar-refractivity contribution is 0.308. The summed E-state index contributed by atoms with van der Waals surface area (Å²) in [6, 6.07) is 4.18. The maximum absolute atomic E-state index is 5.62. The first-order valence-electron chi connectivity index (χ1n) is 4.50. The molecule has 3 nitrogen and oxygen atoms in total. The Balaban J connectivity index is 1.91. The lowest BCUT2D eigenvalue weighted by atomic mass is 9.82. The van der Waals surface area contributed by atoms with Crippen molar-refractivity contribution in [1.29, 1.82) is 0 Å². The van der Waals surface area contributed by atoms with Crippen molar-refractivity contribution < 1.29 is 0 Å². The fourth-order valence-corrected chi connectivity index (χ4v) is 1.72. The highest BCUT2D eigenvalue weighted by atomic mass is 35.5. The first kappa shape index (κ1) is 8.75. The van der Waals surface area contributed by atoms with E-state index in [0.717, 1.165) is 11.7 Å². The van der Waals surface area contributed by atoms with Crippen LogP contribution in [0.2, 0.25) is 5.15 Å². The van der Waals surface area contributed by atoms with Crippen molar-refractivity contribution in [3.05, 3.63) is 17.3 Å². The number of hydrogen-bond donors (Lipinski definition) is 1. The average Bonchev–Trinajstić information content (AvgIpc) is 2.06. The predicted molar refractivity (Wildman–Crippen MR) is 52.9 cm³/mol. The van der Waals surface area contributed by atoms with Crippen LogP contribution in [-0.2, 0) is 0 Å². The maximum atomic E-state index is 5.62. The van der Waals surface area contributed by atoms with Gasteiger partial charge in [0.25, 0.3) is 0 Å². The molecule has 0 radical (unpaired) electrons. The smallest absolute Gasteiger partial charge is 0.151 e. The predicted octanol–water partition coefficient (Wildman–Crippen LogP) is 2.34. The van der Waals surface area contributed by atoms with Crippen molar-refractivity contribution >= 4 is 17.4 Å². The Bertz CT molecular complexity index is 279. The molecule has 0 spiro atoms. The zero-order valence-electron chi connectivity index (χ0n) is 7.50. The summed E-state index contributed by atoms with van der Waals surface area (Å²) in [4.78, 5) is 0. The molecule has 0 saturated heterocycles. The third-order valence-electron chi connectivity index (χ3n) is 2.36. The van der Waals surface area contributed by atoms with E-state index in [1.165, 1.54) is 12.8 Å². The molecule has 0 amide bonds. The lowest BCUT2D eigenvalue weighted by Crippen LogP contribution is -2.34. The van der Waals surface area contributed by atoms with Crippen molar-refractivity contribution in [1.82, 2.24) is 10.2 Å². The molecule has 4 heteroatoms. The van der Waals surface area contributed by atoms with E-state index in [0.29, 0.717) is 11.2 Å². The first-order valence-corrected chi connectivity index (χ1v) is 4.87. The van der Waals surface area contributed by atoms with Gasteiger partial charge in [0.1, 0.15) is 5.82 Å². The highest BCUT2D eigenvalue weighted by Gasteiger charge is 2.25. The number of rotatable bonds is 2. The van der Waals surface area contributed by atoms with Crippen molar-refractivity contribution in [2.75, 3.05) is 5.32 Å². The Morgan fingerprint density at radius 1 is 1.38 bits per heavy atom. The van der Waals surface area contributed by atoms with Crippen molar-refractivity contribution in [3.63, 3.8) is 0 Å². The van der Waals surface area contributed by atoms with Gasteiger partial charge < -0.3 is 5.32 Å². The van der Waals surface area contributed by atoms with E-state index in [2.05, 4.69) is 22.4 Å². The van der Waals surface area contributed by atoms with Crippen LogP contribution in [0.3, 0.4) is 0 Å². The molecule has 1 aliphatic carbocycles. The van der Waals surface area contributed by atoms with E-state index < -0.39 is 0 Å². The number of halogens is 1. The van der Waals surface area contributed by atoms with Gasteiger partial charge in [0, 0.05) is 6.04 Å². The van der Waals surface area contributed by atoms with Gasteiger partial charge in [0.15, 0.2) is 5.15 Å². The van der Waals surface area contributed by atoms with Gasteiger partial charge in [-0.3, -0.25) is 0 Å². The van der Waals surface area contributed by atoms with E-state index in [1.807, 2.05) is 6.07 Å². The fourth-order valence-electron chi connectivity index (χ4n) is 1.62. The Hall–Kier alpha value is -0.830. The van der Waals surface area contributed by atoms with E-state index in [-0.39, 0.29) is 0 Å². The second kappa shape index (κ2) is 3.50. The molecule has 0 atom stereocenters. The molecule has 1 aromatic rings. The van der Waals surface area contributed by atoms with Gasteiger partial charge in [-0.15, -0.1) is 10.2 Å². The van der Waals surface area contributed by atoms with Crippen LogP contribution in [0.25, 0.3) is 0 Å². The second-order valence-electron chi connectivity index (χ2n) is 3.66.